The lowest BCUT2D eigenvalue weighted by Crippen LogP contribution is -2.36. The van der Waals surface area contributed by atoms with Gasteiger partial charge in [0.15, 0.2) is 5.12 Å². The van der Waals surface area contributed by atoms with Crippen molar-refractivity contribution >= 4 is 82.7 Å². The number of hydrogen-bond donors (Lipinski definition) is 10. The molecule has 2 saturated heterocycles. The molecule has 0 spiro atoms. The maximum Gasteiger partial charge on any atom is 0.333 e. The van der Waals surface area contributed by atoms with Gasteiger partial charge >= 0.3 is 29.8 Å². The third-order valence-corrected chi connectivity index (χ3v) is 18.2. The highest BCUT2D eigenvalue weighted by atomic mass is 32.2. The first kappa shape index (κ1) is 147. The molecule has 0 bridgehead atoms. The van der Waals surface area contributed by atoms with Crippen molar-refractivity contribution in [3.05, 3.63) is 190 Å². The van der Waals surface area contributed by atoms with Gasteiger partial charge in [0.2, 0.25) is 11.8 Å². The average Bonchev–Trinajstić information content (AvgIpc) is 0.945. The van der Waals surface area contributed by atoms with Gasteiger partial charge in [0.05, 0.1) is 65.9 Å². The van der Waals surface area contributed by atoms with Gasteiger partial charge in [0, 0.05) is 88.8 Å². The molecule has 3 rings (SSSR count). The van der Waals surface area contributed by atoms with Crippen LogP contribution in [-0.2, 0) is 82.7 Å². The van der Waals surface area contributed by atoms with Crippen LogP contribution in [0.4, 0.5) is 0 Å². The molecule has 0 aromatic heterocycles. The Balaban J connectivity index is -0.000000158. The number of methoxy groups -OCH3 is 2. The summed E-state index contributed by atoms with van der Waals surface area (Å²) in [6, 6.07) is 10.5. The van der Waals surface area contributed by atoms with Crippen LogP contribution in [0, 0.1) is 11.3 Å². The average molecular weight is 1960 g/mol. The van der Waals surface area contributed by atoms with Crippen LogP contribution in [0.1, 0.15) is 134 Å². The van der Waals surface area contributed by atoms with Gasteiger partial charge in [0.1, 0.15) is 26.2 Å². The highest BCUT2D eigenvalue weighted by Crippen LogP contribution is 2.10. The molecule has 2 aliphatic heterocycles. The lowest BCUT2D eigenvalue weighted by molar-refractivity contribution is -0.143. The number of likely N-dealkylation sites (N-methyl/N-ethyl adjacent to an activating group) is 2. The highest BCUT2D eigenvalue weighted by molar-refractivity contribution is 8.13. The number of allylic oxidation sites excluding steroid dienone is 5. The van der Waals surface area contributed by atoms with Crippen LogP contribution in [0.3, 0.4) is 0 Å². The van der Waals surface area contributed by atoms with Crippen LogP contribution in [0.2, 0.25) is 0 Å². The normalized spacial score (nSPS) is 11.5. The molecule has 0 atom stereocenters. The van der Waals surface area contributed by atoms with E-state index in [9.17, 15) is 43.2 Å². The number of morpholine rings is 1. The summed E-state index contributed by atoms with van der Waals surface area (Å²) in [5.74, 6) is 0.228. The van der Waals surface area contributed by atoms with Crippen LogP contribution in [0.5, 0.6) is 0 Å². The van der Waals surface area contributed by atoms with Crippen molar-refractivity contribution in [2.75, 3.05) is 269 Å². The van der Waals surface area contributed by atoms with E-state index < -0.39 is 0 Å². The Hall–Kier alpha value is -9.10. The number of hydrogen-bond acceptors (Lipinski definition) is 32. The number of likely N-dealkylation sites (tertiary alicyclic amines) is 1. The van der Waals surface area contributed by atoms with Crippen LogP contribution in [-0.4, -0.2) is 347 Å². The van der Waals surface area contributed by atoms with Crippen LogP contribution in [0.15, 0.2) is 179 Å². The van der Waals surface area contributed by atoms with E-state index in [-0.39, 0.29) is 46.8 Å². The maximum absolute atomic E-state index is 10.9. The summed E-state index contributed by atoms with van der Waals surface area (Å²) in [5.41, 5.74) is 9.06. The summed E-state index contributed by atoms with van der Waals surface area (Å²) in [6.45, 7) is 50.4. The molecule has 0 unspecified atom stereocenters. The number of carbonyl (C=O) groups excluding carboxylic acids is 9. The SMILES string of the molecule is C=C(C)COC(=O)CCNC.C=CC(=O)N(C)CN(C)C.C=CC(=O)OCN(C)C.C=CCOC(=O)CCNC.C=CCSC(=O)CCNC.C=COCCCNC.C=CSCCCNC.C=Cc1ccc(CCNC)cc1.CNCCCC=C(C)C(=O)OC.CNCCCC=CC=O.CNCCCCC=CC(=O)OC.N#CC=CCCN1CCCCC1.NC(=O)C=CCCN1CCOCC1. The number of thioether (sulfide) groups is 2. The number of amides is 2. The minimum Gasteiger partial charge on any atom is -0.502 e. The van der Waals surface area contributed by atoms with Crippen molar-refractivity contribution in [1.29, 1.82) is 5.26 Å². The molecule has 136 heavy (non-hydrogen) atoms. The molecular weight excluding hydrogens is 1770 g/mol. The molecule has 1 aromatic carbocycles. The Morgan fingerprint density at radius 3 is 1.57 bits per heavy atom. The molecule has 782 valence electrons. The lowest BCUT2D eigenvalue weighted by atomic mass is 10.1. The number of piperidine rings is 1. The fraction of sp³-hybridized carbons (Fsp3) is 0.588. The fourth-order valence-corrected chi connectivity index (χ4v) is 10.3. The van der Waals surface area contributed by atoms with E-state index >= 15 is 0 Å². The van der Waals surface area contributed by atoms with Gasteiger partial charge in [-0.05, 0) is 294 Å². The first-order chi connectivity index (χ1) is 65.4. The van der Waals surface area contributed by atoms with E-state index in [0.29, 0.717) is 64.5 Å². The lowest BCUT2D eigenvalue weighted by Gasteiger charge is -2.25. The standard InChI is InChI=1S/C11H15N.C10H16N2.C9H16N2O2.2C9H17NO2.C8H15NO2.C7H14N2O.C7H13NO2.C7H13NOS.C7H13NO.C6H11NO2.C6H13NO.C6H13NS/c1-3-10-4-6-11(7-5-10)8-9-12-2;11-7-3-1-4-8-12-9-5-2-6-10-12;10-9(12)3-1-2-4-11-5-7-13-8-6-11;1-8(9(11)12-3)6-4-5-7-10-2;1-10-8-6-4-3-5-7-9(11)12-2;1-7(2)6-11-8(10)4-5-9-3;1-5-7(10)9(4)6-8(2)3;2*1-3-6-10-7(9)4-5-8-2;1-8-6-4-2-3-5-7-9;1-4-6(8)9-5-7(2)3;2*1-3-8-6-4-5-7-2/h3-7,12H,1,8-9H2,2H3;1,3H,2,4-6,8-10H2;1,3H,2,4-8H2,(H2,10,12);6,10H,4-5,7H2,1-3H3;5,7,10H,3-4,6,8H2,1-2H3;9H,1,4-6H2,2-3H3;5H,1,6H2,2-4H3;2*3,8H,1,4-6H2,2H3;3,5,7-8H,2,4,6H2,1H3;4H,1,5H2,2-3H3;2*3,7H,1,4-6H2,2H3. The second kappa shape index (κ2) is 128. The summed E-state index contributed by atoms with van der Waals surface area (Å²) in [6.07, 6.45) is 43.3. The molecule has 1 aromatic rings. The molecule has 34 heteroatoms. The van der Waals surface area contributed by atoms with Crippen LogP contribution < -0.4 is 53.6 Å². The second-order valence-electron chi connectivity index (χ2n) is 29.5. The largest absolute Gasteiger partial charge is 0.502 e. The molecule has 2 heterocycles. The van der Waals surface area contributed by atoms with E-state index in [2.05, 4.69) is 149 Å². The van der Waals surface area contributed by atoms with Gasteiger partial charge in [-0.3, -0.25) is 43.5 Å². The van der Waals surface area contributed by atoms with Crippen molar-refractivity contribution in [3.63, 3.8) is 0 Å². The summed E-state index contributed by atoms with van der Waals surface area (Å²) >= 11 is 3.09. The molecule has 2 aliphatic rings. The van der Waals surface area contributed by atoms with Gasteiger partial charge in [-0.2, -0.15) is 5.26 Å². The number of ether oxygens (including phenoxy) is 7. The summed E-state index contributed by atoms with van der Waals surface area (Å²) in [5, 5.41) is 37.3. The fourth-order valence-electron chi connectivity index (χ4n) is 9.29. The number of nitriles is 1. The zero-order valence-electron chi connectivity index (χ0n) is 87.1. The minimum atomic E-state index is -0.385. The summed E-state index contributed by atoms with van der Waals surface area (Å²) in [7, 11) is 29.0. The molecular formula is C102H186N16O16S2. The molecule has 32 nitrogen and oxygen atoms in total. The minimum absolute atomic E-state index is 0.0475. The molecule has 0 radical (unpaired) electrons. The molecule has 2 amide bonds. The van der Waals surface area contributed by atoms with Crippen molar-refractivity contribution in [1.82, 2.24) is 72.4 Å². The van der Waals surface area contributed by atoms with Crippen LogP contribution in [0.25, 0.3) is 6.08 Å². The van der Waals surface area contributed by atoms with E-state index in [1.807, 2.05) is 137 Å². The monoisotopic (exact) mass is 1960 g/mol. The predicted molar refractivity (Wildman–Crippen MR) is 573 cm³/mol. The highest BCUT2D eigenvalue weighted by Gasteiger charge is 2.11. The number of nitrogens with zero attached hydrogens (tertiary/aromatic N) is 6. The van der Waals surface area contributed by atoms with E-state index in [1.165, 1.54) is 112 Å². The number of nitrogens with two attached hydrogens (primary N) is 1. The number of aldehydes is 1. The maximum atomic E-state index is 10.9. The van der Waals surface area contributed by atoms with E-state index in [0.717, 1.165) is 186 Å². The van der Waals surface area contributed by atoms with Crippen molar-refractivity contribution < 1.29 is 76.3 Å². The van der Waals surface area contributed by atoms with Crippen LogP contribution >= 0.6 is 23.5 Å². The second-order valence-corrected chi connectivity index (χ2v) is 31.6. The summed E-state index contributed by atoms with van der Waals surface area (Å²) in [4.78, 5) is 105. The number of rotatable bonds is 58. The van der Waals surface area contributed by atoms with E-state index in [1.54, 1.807) is 67.9 Å². The summed E-state index contributed by atoms with van der Waals surface area (Å²) < 4.78 is 33.2. The van der Waals surface area contributed by atoms with Crippen molar-refractivity contribution in [2.45, 2.75) is 129 Å². The Labute approximate surface area is 832 Å². The topological polar surface area (TPSA) is 393 Å². The number of nitrogens with one attached hydrogen (secondary N) is 9. The van der Waals surface area contributed by atoms with Gasteiger partial charge in [-0.25, -0.2) is 14.4 Å². The Bertz CT molecular complexity index is 3190. The van der Waals surface area contributed by atoms with Crippen molar-refractivity contribution in [2.24, 2.45) is 5.73 Å². The quantitative estimate of drug-likeness (QED) is 0.00333. The Kier molecular flexibility index (Phi) is 138. The predicted octanol–water partition coefficient (Wildman–Crippen LogP) is 11.4. The number of esters is 5. The zero-order chi connectivity index (χ0) is 105. The first-order valence-electron chi connectivity index (χ1n) is 46.3. The number of primary amides is 1. The Morgan fingerprint density at radius 1 is 0.566 bits per heavy atom. The molecule has 0 aliphatic carbocycles. The van der Waals surface area contributed by atoms with E-state index in [4.69, 9.17) is 29.9 Å². The number of unbranched alkanes of at least 4 members (excludes halogenated alkanes) is 4. The third kappa shape index (κ3) is 143. The Morgan fingerprint density at radius 2 is 1.09 bits per heavy atom. The molecule has 2 fully saturated rings. The van der Waals surface area contributed by atoms with Gasteiger partial charge in [0.25, 0.3) is 0 Å². The van der Waals surface area contributed by atoms with Gasteiger partial charge < -0.3 is 96.5 Å². The number of benzene rings is 1. The van der Waals surface area contributed by atoms with Gasteiger partial charge in [-0.15, -0.1) is 18.3 Å². The molecule has 11 N–H and O–H groups in total. The first-order valence-corrected chi connectivity index (χ1v) is 48.3. The third-order valence-electron chi connectivity index (χ3n) is 16.5. The zero-order valence-corrected chi connectivity index (χ0v) is 88.7. The number of carbonyl (C=O) groups is 9. The van der Waals surface area contributed by atoms with Crippen molar-refractivity contribution in [3.8, 4) is 6.07 Å². The smallest absolute Gasteiger partial charge is 0.333 e. The van der Waals surface area contributed by atoms with Gasteiger partial charge in [-0.1, -0.05) is 137 Å². The molecule has 0 saturated carbocycles.